The highest BCUT2D eigenvalue weighted by atomic mass is 16.5. The van der Waals surface area contributed by atoms with Gasteiger partial charge in [-0.1, -0.05) is 30.3 Å². The average Bonchev–Trinajstić information content (AvgIpc) is 2.38. The van der Waals surface area contributed by atoms with Gasteiger partial charge in [0, 0.05) is 6.07 Å². The zero-order valence-corrected chi connectivity index (χ0v) is 9.41. The lowest BCUT2D eigenvalue weighted by molar-refractivity contribution is -0.618. The van der Waals surface area contributed by atoms with Gasteiger partial charge in [-0.3, -0.25) is 0 Å². The normalized spacial score (nSPS) is 12.1. The standard InChI is InChI=1S/C13H13NO3/c1-17-11-8-5-9-14(16)12(11)13(15)10-6-3-2-4-7-10/h2-9,13,15H,1H3. The second kappa shape index (κ2) is 4.84. The molecule has 4 nitrogen and oxygen atoms in total. The predicted molar refractivity (Wildman–Crippen MR) is 62.5 cm³/mol. The van der Waals surface area contributed by atoms with E-state index in [4.69, 9.17) is 4.74 Å². The maximum Gasteiger partial charge on any atom is 0.268 e. The van der Waals surface area contributed by atoms with Crippen molar-refractivity contribution in [2.24, 2.45) is 0 Å². The van der Waals surface area contributed by atoms with E-state index in [1.54, 1.807) is 24.3 Å². The molecule has 1 aromatic heterocycles. The van der Waals surface area contributed by atoms with E-state index in [0.29, 0.717) is 16.0 Å². The molecule has 2 aromatic rings. The minimum absolute atomic E-state index is 0.196. The Morgan fingerprint density at radius 1 is 1.18 bits per heavy atom. The summed E-state index contributed by atoms with van der Waals surface area (Å²) in [4.78, 5) is 0. The minimum Gasteiger partial charge on any atom is -0.618 e. The van der Waals surface area contributed by atoms with E-state index >= 15 is 0 Å². The summed E-state index contributed by atoms with van der Waals surface area (Å²) in [6.07, 6.45) is 0.342. The summed E-state index contributed by atoms with van der Waals surface area (Å²) < 4.78 is 5.71. The lowest BCUT2D eigenvalue weighted by Gasteiger charge is -2.13. The number of aliphatic hydroxyl groups excluding tert-OH is 1. The van der Waals surface area contributed by atoms with Crippen LogP contribution in [-0.4, -0.2) is 12.2 Å². The van der Waals surface area contributed by atoms with E-state index in [2.05, 4.69) is 0 Å². The largest absolute Gasteiger partial charge is 0.618 e. The summed E-state index contributed by atoms with van der Waals surface area (Å²) in [5.41, 5.74) is 0.850. The molecule has 0 aliphatic heterocycles. The Morgan fingerprint density at radius 3 is 2.53 bits per heavy atom. The van der Waals surface area contributed by atoms with Gasteiger partial charge in [-0.15, -0.1) is 0 Å². The van der Waals surface area contributed by atoms with Crippen molar-refractivity contribution in [3.05, 3.63) is 65.1 Å². The summed E-state index contributed by atoms with van der Waals surface area (Å²) in [5, 5.41) is 21.9. The van der Waals surface area contributed by atoms with Crippen molar-refractivity contribution in [1.29, 1.82) is 0 Å². The van der Waals surface area contributed by atoms with Gasteiger partial charge >= 0.3 is 0 Å². The van der Waals surface area contributed by atoms with Crippen LogP contribution in [0.2, 0.25) is 0 Å². The summed E-state index contributed by atoms with van der Waals surface area (Å²) in [6, 6.07) is 12.2. The summed E-state index contributed by atoms with van der Waals surface area (Å²) in [5.74, 6) is 0.374. The molecule has 17 heavy (non-hydrogen) atoms. The van der Waals surface area contributed by atoms with Crippen molar-refractivity contribution in [2.75, 3.05) is 7.11 Å². The van der Waals surface area contributed by atoms with Gasteiger partial charge in [0.1, 0.15) is 0 Å². The molecule has 0 aliphatic rings. The Labute approximate surface area is 99.3 Å². The second-order valence-corrected chi connectivity index (χ2v) is 3.60. The third kappa shape index (κ3) is 2.21. The van der Waals surface area contributed by atoms with Crippen molar-refractivity contribution in [3.63, 3.8) is 0 Å². The molecule has 0 saturated carbocycles. The Balaban J connectivity index is 2.47. The summed E-state index contributed by atoms with van der Waals surface area (Å²) in [7, 11) is 1.47. The maximum absolute atomic E-state index is 11.7. The lowest BCUT2D eigenvalue weighted by atomic mass is 10.1. The van der Waals surface area contributed by atoms with Crippen LogP contribution < -0.4 is 9.47 Å². The maximum atomic E-state index is 11.7. The van der Waals surface area contributed by atoms with Crippen molar-refractivity contribution >= 4 is 0 Å². The van der Waals surface area contributed by atoms with Crippen molar-refractivity contribution in [2.45, 2.75) is 6.10 Å². The molecule has 0 saturated heterocycles. The summed E-state index contributed by atoms with van der Waals surface area (Å²) >= 11 is 0. The number of nitrogens with zero attached hydrogens (tertiary/aromatic N) is 1. The zero-order chi connectivity index (χ0) is 12.3. The fourth-order valence-corrected chi connectivity index (χ4v) is 1.70. The van der Waals surface area contributed by atoms with Gasteiger partial charge in [-0.25, -0.2) is 0 Å². The number of aromatic nitrogens is 1. The molecule has 0 radical (unpaired) electrons. The van der Waals surface area contributed by atoms with Crippen LogP contribution in [0, 0.1) is 5.21 Å². The van der Waals surface area contributed by atoms with Crippen LogP contribution in [0.25, 0.3) is 0 Å². The quantitative estimate of drug-likeness (QED) is 0.642. The van der Waals surface area contributed by atoms with Gasteiger partial charge in [0.15, 0.2) is 18.1 Å². The third-order valence-corrected chi connectivity index (χ3v) is 2.55. The highest BCUT2D eigenvalue weighted by molar-refractivity contribution is 5.32. The fourth-order valence-electron chi connectivity index (χ4n) is 1.70. The van der Waals surface area contributed by atoms with Gasteiger partial charge in [-0.2, -0.15) is 4.73 Å². The molecule has 1 aromatic carbocycles. The molecular weight excluding hydrogens is 218 g/mol. The molecule has 88 valence electrons. The first-order chi connectivity index (χ1) is 8.24. The van der Waals surface area contributed by atoms with Crippen molar-refractivity contribution in [1.82, 2.24) is 0 Å². The summed E-state index contributed by atoms with van der Waals surface area (Å²) in [6.45, 7) is 0. The molecule has 0 spiro atoms. The first kappa shape index (κ1) is 11.4. The Hall–Kier alpha value is -2.07. The number of ether oxygens (including phenoxy) is 1. The lowest BCUT2D eigenvalue weighted by Crippen LogP contribution is -2.33. The van der Waals surface area contributed by atoms with Gasteiger partial charge < -0.3 is 15.1 Å². The Kier molecular flexibility index (Phi) is 3.25. The molecule has 1 heterocycles. The Bertz CT molecular complexity index is 499. The molecule has 2 rings (SSSR count). The van der Waals surface area contributed by atoms with E-state index in [0.717, 1.165) is 0 Å². The van der Waals surface area contributed by atoms with E-state index < -0.39 is 6.10 Å². The molecule has 0 fully saturated rings. The Morgan fingerprint density at radius 2 is 1.88 bits per heavy atom. The SMILES string of the molecule is COc1ccc[n+]([O-])c1C(O)c1ccccc1. The minimum atomic E-state index is -0.996. The molecule has 4 heteroatoms. The van der Waals surface area contributed by atoms with Crippen molar-refractivity contribution < 1.29 is 14.6 Å². The smallest absolute Gasteiger partial charge is 0.268 e. The fraction of sp³-hybridized carbons (Fsp3) is 0.154. The first-order valence-electron chi connectivity index (χ1n) is 5.23. The van der Waals surface area contributed by atoms with Crippen molar-refractivity contribution in [3.8, 4) is 5.75 Å². The number of aliphatic hydroxyl groups is 1. The van der Waals surface area contributed by atoms with Crippen LogP contribution in [-0.2, 0) is 0 Å². The number of pyridine rings is 1. The van der Waals surface area contributed by atoms with Crippen LogP contribution >= 0.6 is 0 Å². The number of rotatable bonds is 3. The molecule has 1 unspecified atom stereocenters. The number of hydrogen-bond acceptors (Lipinski definition) is 3. The molecule has 1 N–H and O–H groups in total. The number of benzene rings is 1. The topological polar surface area (TPSA) is 56.4 Å². The third-order valence-electron chi connectivity index (χ3n) is 2.55. The number of methoxy groups -OCH3 is 1. The van der Waals surface area contributed by atoms with Gasteiger partial charge in [0.25, 0.3) is 5.69 Å². The first-order valence-corrected chi connectivity index (χ1v) is 5.23. The van der Waals surface area contributed by atoms with E-state index in [9.17, 15) is 10.3 Å². The van der Waals surface area contributed by atoms with Crippen LogP contribution in [0.3, 0.4) is 0 Å². The van der Waals surface area contributed by atoms with Crippen LogP contribution in [0.5, 0.6) is 5.75 Å². The molecule has 0 amide bonds. The van der Waals surface area contributed by atoms with Crippen LogP contribution in [0.15, 0.2) is 48.7 Å². The van der Waals surface area contributed by atoms with Gasteiger partial charge in [-0.05, 0) is 11.6 Å². The molecular formula is C13H13NO3. The zero-order valence-electron chi connectivity index (χ0n) is 9.41. The average molecular weight is 231 g/mol. The van der Waals surface area contributed by atoms with Crippen LogP contribution in [0.1, 0.15) is 17.4 Å². The van der Waals surface area contributed by atoms with E-state index in [-0.39, 0.29) is 5.69 Å². The predicted octanol–water partition coefficient (Wildman–Crippen LogP) is 1.41. The van der Waals surface area contributed by atoms with E-state index in [1.807, 2.05) is 18.2 Å². The number of hydrogen-bond donors (Lipinski definition) is 1. The molecule has 0 bridgehead atoms. The van der Waals surface area contributed by atoms with Gasteiger partial charge in [0.05, 0.1) is 7.11 Å². The van der Waals surface area contributed by atoms with Crippen LogP contribution in [0.4, 0.5) is 0 Å². The highest BCUT2D eigenvalue weighted by Gasteiger charge is 2.24. The second-order valence-electron chi connectivity index (χ2n) is 3.60. The molecule has 0 aliphatic carbocycles. The monoisotopic (exact) mass is 231 g/mol. The van der Waals surface area contributed by atoms with E-state index in [1.165, 1.54) is 13.3 Å². The molecule has 1 atom stereocenters. The van der Waals surface area contributed by atoms with Gasteiger partial charge in [0.2, 0.25) is 0 Å². The highest BCUT2D eigenvalue weighted by Crippen LogP contribution is 2.26.